The van der Waals surface area contributed by atoms with Crippen molar-refractivity contribution >= 4 is 46.8 Å². The number of carbonyl (C=O) groups excluding carboxylic acids is 2. The highest BCUT2D eigenvalue weighted by molar-refractivity contribution is 7.99. The first kappa shape index (κ1) is 27.1. The van der Waals surface area contributed by atoms with Gasteiger partial charge in [0.1, 0.15) is 11.9 Å². The second-order valence-corrected chi connectivity index (χ2v) is 9.74. The van der Waals surface area contributed by atoms with Crippen molar-refractivity contribution in [1.29, 1.82) is 0 Å². The highest BCUT2D eigenvalue weighted by Crippen LogP contribution is 2.28. The van der Waals surface area contributed by atoms with E-state index < -0.39 is 6.04 Å². The van der Waals surface area contributed by atoms with Crippen LogP contribution in [-0.4, -0.2) is 35.1 Å². The summed E-state index contributed by atoms with van der Waals surface area (Å²) in [5.41, 5.74) is 2.44. The number of halogens is 3. The average molecular weight is 533 g/mol. The van der Waals surface area contributed by atoms with Crippen LogP contribution in [-0.2, 0) is 28.3 Å². The van der Waals surface area contributed by atoms with Gasteiger partial charge in [0.25, 0.3) is 0 Å². The normalized spacial score (nSPS) is 11.7. The van der Waals surface area contributed by atoms with Gasteiger partial charge in [-0.3, -0.25) is 9.59 Å². The van der Waals surface area contributed by atoms with Crippen LogP contribution in [0.4, 0.5) is 4.39 Å². The lowest BCUT2D eigenvalue weighted by molar-refractivity contribution is -0.139. The molecule has 35 heavy (non-hydrogen) atoms. The Hall–Kier alpha value is -2.54. The van der Waals surface area contributed by atoms with Crippen LogP contribution in [0.1, 0.15) is 23.6 Å². The van der Waals surface area contributed by atoms with Crippen LogP contribution in [0.5, 0.6) is 0 Å². The Labute approximate surface area is 219 Å². The number of carbonyl (C=O) groups is 2. The monoisotopic (exact) mass is 532 g/mol. The van der Waals surface area contributed by atoms with E-state index in [9.17, 15) is 14.0 Å². The summed E-state index contributed by atoms with van der Waals surface area (Å²) in [6, 6.07) is 20.2. The second kappa shape index (κ2) is 13.5. The number of nitrogens with zero attached hydrogens (tertiary/aromatic N) is 1. The molecule has 0 aliphatic rings. The maximum absolute atomic E-state index is 13.5. The maximum atomic E-state index is 13.5. The number of nitrogens with one attached hydrogen (secondary N) is 1. The van der Waals surface area contributed by atoms with Crippen molar-refractivity contribution in [2.75, 3.05) is 12.3 Å². The predicted octanol–water partition coefficient (Wildman–Crippen LogP) is 6.14. The van der Waals surface area contributed by atoms with Gasteiger partial charge in [-0.1, -0.05) is 71.7 Å². The van der Waals surface area contributed by atoms with Gasteiger partial charge in [-0.2, -0.15) is 0 Å². The molecule has 3 aromatic carbocycles. The number of benzene rings is 3. The van der Waals surface area contributed by atoms with E-state index in [1.54, 1.807) is 35.2 Å². The molecule has 3 aromatic rings. The smallest absolute Gasteiger partial charge is 0.243 e. The van der Waals surface area contributed by atoms with Gasteiger partial charge in [0, 0.05) is 40.9 Å². The number of amides is 2. The molecule has 0 aromatic heterocycles. The van der Waals surface area contributed by atoms with Crippen LogP contribution in [0.15, 0.2) is 72.8 Å². The number of hydrogen-bond donors (Lipinski definition) is 1. The minimum Gasteiger partial charge on any atom is -0.355 e. The Balaban J connectivity index is 1.86. The molecule has 184 valence electrons. The molecule has 0 spiro atoms. The molecule has 0 aliphatic carbocycles. The van der Waals surface area contributed by atoms with Gasteiger partial charge in [0.2, 0.25) is 11.8 Å². The molecule has 0 unspecified atom stereocenters. The standard InChI is InChI=1S/C27H27Cl2FN2O2S/c1-2-31-27(34)25(15-19-7-4-3-5-8-19)32(16-22-23(28)9-6-10-24(22)29)26(33)18-35-17-20-11-13-21(30)14-12-20/h3-14,25H,2,15-18H2,1H3,(H,31,34)/t25-/m0/s1. The van der Waals surface area contributed by atoms with Crippen LogP contribution in [0.25, 0.3) is 0 Å². The van der Waals surface area contributed by atoms with Gasteiger partial charge in [-0.25, -0.2) is 4.39 Å². The molecule has 1 N–H and O–H groups in total. The zero-order valence-electron chi connectivity index (χ0n) is 19.3. The van der Waals surface area contributed by atoms with E-state index in [0.717, 1.165) is 11.1 Å². The summed E-state index contributed by atoms with van der Waals surface area (Å²) in [6.45, 7) is 2.38. The highest BCUT2D eigenvalue weighted by atomic mass is 35.5. The summed E-state index contributed by atoms with van der Waals surface area (Å²) in [7, 11) is 0. The van der Waals surface area contributed by atoms with Crippen molar-refractivity contribution in [3.8, 4) is 0 Å². The van der Waals surface area contributed by atoms with Crippen LogP contribution in [0.2, 0.25) is 10.0 Å². The first-order valence-corrected chi connectivity index (χ1v) is 13.2. The summed E-state index contributed by atoms with van der Waals surface area (Å²) < 4.78 is 13.2. The summed E-state index contributed by atoms with van der Waals surface area (Å²) >= 11 is 14.2. The lowest BCUT2D eigenvalue weighted by atomic mass is 10.0. The molecule has 8 heteroatoms. The molecule has 0 heterocycles. The van der Waals surface area contributed by atoms with Crippen molar-refractivity contribution < 1.29 is 14.0 Å². The molecular weight excluding hydrogens is 506 g/mol. The lowest BCUT2D eigenvalue weighted by Gasteiger charge is -2.32. The third-order valence-corrected chi connectivity index (χ3v) is 7.12. The summed E-state index contributed by atoms with van der Waals surface area (Å²) in [6.07, 6.45) is 0.350. The fourth-order valence-electron chi connectivity index (χ4n) is 3.62. The molecule has 2 amide bonds. The lowest BCUT2D eigenvalue weighted by Crippen LogP contribution is -2.51. The van der Waals surface area contributed by atoms with Crippen LogP contribution in [0, 0.1) is 5.82 Å². The third-order valence-electron chi connectivity index (χ3n) is 5.42. The van der Waals surface area contributed by atoms with Crippen molar-refractivity contribution in [2.45, 2.75) is 31.7 Å². The van der Waals surface area contributed by atoms with E-state index in [1.807, 2.05) is 37.3 Å². The zero-order chi connectivity index (χ0) is 25.2. The highest BCUT2D eigenvalue weighted by Gasteiger charge is 2.31. The quantitative estimate of drug-likeness (QED) is 0.322. The molecular formula is C27H27Cl2FN2O2S. The minimum absolute atomic E-state index is 0.100. The molecule has 3 rings (SSSR count). The number of rotatable bonds is 11. The third kappa shape index (κ3) is 7.99. The van der Waals surface area contributed by atoms with Crippen molar-refractivity contribution in [3.05, 3.63) is 105 Å². The fourth-order valence-corrected chi connectivity index (χ4v) is 5.01. The number of likely N-dealkylation sites (N-methyl/N-ethyl adjacent to an activating group) is 1. The predicted molar refractivity (Wildman–Crippen MR) is 142 cm³/mol. The molecule has 0 saturated carbocycles. The van der Waals surface area contributed by atoms with E-state index in [0.29, 0.717) is 34.3 Å². The van der Waals surface area contributed by atoms with Gasteiger partial charge in [-0.15, -0.1) is 11.8 Å². The summed E-state index contributed by atoms with van der Waals surface area (Å²) in [5.74, 6) is -0.0681. The van der Waals surface area contributed by atoms with Gasteiger partial charge in [0.05, 0.1) is 5.75 Å². The number of thioether (sulfide) groups is 1. The molecule has 0 radical (unpaired) electrons. The fraction of sp³-hybridized carbons (Fsp3) is 0.259. The van der Waals surface area contributed by atoms with Crippen molar-refractivity contribution in [3.63, 3.8) is 0 Å². The largest absolute Gasteiger partial charge is 0.355 e. The summed E-state index contributed by atoms with van der Waals surface area (Å²) in [4.78, 5) is 28.3. The van der Waals surface area contributed by atoms with E-state index in [4.69, 9.17) is 23.2 Å². The molecule has 0 aliphatic heterocycles. The average Bonchev–Trinajstić information content (AvgIpc) is 2.85. The molecule has 4 nitrogen and oxygen atoms in total. The van der Waals surface area contributed by atoms with Crippen molar-refractivity contribution in [2.24, 2.45) is 0 Å². The first-order chi connectivity index (χ1) is 16.9. The molecule has 0 fully saturated rings. The molecule has 1 atom stereocenters. The van der Waals surface area contributed by atoms with Crippen LogP contribution >= 0.6 is 35.0 Å². The van der Waals surface area contributed by atoms with E-state index in [-0.39, 0.29) is 29.9 Å². The van der Waals surface area contributed by atoms with Crippen molar-refractivity contribution in [1.82, 2.24) is 10.2 Å². The number of hydrogen-bond acceptors (Lipinski definition) is 3. The summed E-state index contributed by atoms with van der Waals surface area (Å²) in [5, 5.41) is 3.73. The topological polar surface area (TPSA) is 49.4 Å². The first-order valence-electron chi connectivity index (χ1n) is 11.2. The van der Waals surface area contributed by atoms with Crippen LogP contribution in [0.3, 0.4) is 0 Å². The second-order valence-electron chi connectivity index (χ2n) is 7.94. The van der Waals surface area contributed by atoms with Gasteiger partial charge >= 0.3 is 0 Å². The molecule has 0 saturated heterocycles. The van der Waals surface area contributed by atoms with Crippen LogP contribution < -0.4 is 5.32 Å². The Morgan fingerprint density at radius 3 is 2.23 bits per heavy atom. The SMILES string of the molecule is CCNC(=O)[C@H](Cc1ccccc1)N(Cc1c(Cl)cccc1Cl)C(=O)CSCc1ccc(F)cc1. The Kier molecular flexibility index (Phi) is 10.5. The maximum Gasteiger partial charge on any atom is 0.243 e. The van der Waals surface area contributed by atoms with E-state index in [2.05, 4.69) is 5.32 Å². The molecule has 0 bridgehead atoms. The Morgan fingerprint density at radius 2 is 1.60 bits per heavy atom. The van der Waals surface area contributed by atoms with Gasteiger partial charge in [-0.05, 0) is 42.3 Å². The Morgan fingerprint density at radius 1 is 0.943 bits per heavy atom. The minimum atomic E-state index is -0.747. The van der Waals surface area contributed by atoms with Gasteiger partial charge in [0.15, 0.2) is 0 Å². The van der Waals surface area contributed by atoms with E-state index in [1.165, 1.54) is 23.9 Å². The zero-order valence-corrected chi connectivity index (χ0v) is 21.7. The Bertz CT molecular complexity index is 1110. The van der Waals surface area contributed by atoms with Gasteiger partial charge < -0.3 is 10.2 Å². The van der Waals surface area contributed by atoms with E-state index >= 15 is 0 Å².